The third-order valence-corrected chi connectivity index (χ3v) is 4.49. The molecule has 3 heteroatoms. The van der Waals surface area contributed by atoms with Gasteiger partial charge in [-0.05, 0) is 55.0 Å². The molecular formula is C24H32N2O. The number of benzene rings is 2. The van der Waals surface area contributed by atoms with Crippen molar-refractivity contribution in [1.82, 2.24) is 0 Å². The summed E-state index contributed by atoms with van der Waals surface area (Å²) in [5.41, 5.74) is 6.65. The highest BCUT2D eigenvalue weighted by Crippen LogP contribution is 2.35. The van der Waals surface area contributed by atoms with Gasteiger partial charge in [-0.15, -0.1) is 0 Å². The second-order valence-corrected chi connectivity index (χ2v) is 7.50. The van der Waals surface area contributed by atoms with Crippen molar-refractivity contribution in [3.63, 3.8) is 0 Å². The smallest absolute Gasteiger partial charge is 0.142 e. The first-order valence-electron chi connectivity index (χ1n) is 9.60. The zero-order chi connectivity index (χ0) is 20.0. The van der Waals surface area contributed by atoms with E-state index in [2.05, 4.69) is 64.2 Å². The maximum atomic E-state index is 5.41. The molecule has 2 aromatic rings. The fourth-order valence-electron chi connectivity index (χ4n) is 3.16. The lowest BCUT2D eigenvalue weighted by atomic mass is 9.93. The summed E-state index contributed by atoms with van der Waals surface area (Å²) in [6.45, 7) is 13.0. The summed E-state index contributed by atoms with van der Waals surface area (Å²) in [5.74, 6) is 1.70. The molecule has 3 nitrogen and oxygen atoms in total. The Kier molecular flexibility index (Phi) is 7.23. The van der Waals surface area contributed by atoms with Crippen molar-refractivity contribution in [1.29, 1.82) is 0 Å². The summed E-state index contributed by atoms with van der Waals surface area (Å²) >= 11 is 0. The molecule has 2 rings (SSSR count). The predicted molar refractivity (Wildman–Crippen MR) is 118 cm³/mol. The minimum absolute atomic E-state index is 0.437. The van der Waals surface area contributed by atoms with E-state index in [9.17, 15) is 0 Å². The maximum Gasteiger partial charge on any atom is 0.142 e. The minimum atomic E-state index is 0.437. The number of rotatable bonds is 7. The zero-order valence-electron chi connectivity index (χ0n) is 17.6. The van der Waals surface area contributed by atoms with Crippen molar-refractivity contribution in [2.24, 2.45) is 4.99 Å². The van der Waals surface area contributed by atoms with Gasteiger partial charge in [0.05, 0.1) is 18.5 Å². The van der Waals surface area contributed by atoms with Crippen LogP contribution >= 0.6 is 0 Å². The monoisotopic (exact) mass is 364 g/mol. The molecule has 0 heterocycles. The van der Waals surface area contributed by atoms with Gasteiger partial charge in [0.2, 0.25) is 0 Å². The molecule has 0 spiro atoms. The summed E-state index contributed by atoms with van der Waals surface area (Å²) in [5, 5.41) is 3.41. The van der Waals surface area contributed by atoms with E-state index in [1.807, 2.05) is 31.2 Å². The molecule has 0 radical (unpaired) electrons. The summed E-state index contributed by atoms with van der Waals surface area (Å²) < 4.78 is 5.41. The normalized spacial score (nSPS) is 12.6. The third-order valence-electron chi connectivity index (χ3n) is 4.49. The highest BCUT2D eigenvalue weighted by Gasteiger charge is 2.13. The van der Waals surface area contributed by atoms with Crippen molar-refractivity contribution in [2.75, 3.05) is 12.4 Å². The number of nitrogens with one attached hydrogen (secondary N) is 1. The molecule has 0 aliphatic carbocycles. The lowest BCUT2D eigenvalue weighted by Crippen LogP contribution is -2.01. The Balaban J connectivity index is 2.35. The molecule has 0 amide bonds. The van der Waals surface area contributed by atoms with Crippen LogP contribution in [0.1, 0.15) is 64.5 Å². The standard InChI is InChI=1S/C24H32N2O/c1-16(2)20-11-10-12-21(17(3)4)24(20)26-19(6)15-18(5)25-22-13-8-9-14-23(22)27-7/h8-17,25H,1-7H3/b18-15+,26-19?. The molecule has 0 aromatic heterocycles. The Labute approximate surface area is 164 Å². The molecule has 0 atom stereocenters. The Hall–Kier alpha value is -2.55. The van der Waals surface area contributed by atoms with Crippen LogP contribution in [-0.2, 0) is 0 Å². The number of hydrogen-bond acceptors (Lipinski definition) is 3. The topological polar surface area (TPSA) is 33.6 Å². The van der Waals surface area contributed by atoms with Crippen LogP contribution in [0.5, 0.6) is 5.75 Å². The van der Waals surface area contributed by atoms with Crippen LogP contribution in [0.4, 0.5) is 11.4 Å². The van der Waals surface area contributed by atoms with E-state index in [-0.39, 0.29) is 0 Å². The fourth-order valence-corrected chi connectivity index (χ4v) is 3.16. The van der Waals surface area contributed by atoms with E-state index in [4.69, 9.17) is 9.73 Å². The molecule has 27 heavy (non-hydrogen) atoms. The van der Waals surface area contributed by atoms with E-state index in [1.54, 1.807) is 7.11 Å². The highest BCUT2D eigenvalue weighted by atomic mass is 16.5. The van der Waals surface area contributed by atoms with Crippen LogP contribution in [0.3, 0.4) is 0 Å². The molecule has 0 bridgehead atoms. The van der Waals surface area contributed by atoms with E-state index in [0.717, 1.165) is 28.5 Å². The molecule has 2 aromatic carbocycles. The Morgan fingerprint density at radius 2 is 1.52 bits per heavy atom. The van der Waals surface area contributed by atoms with E-state index in [1.165, 1.54) is 11.1 Å². The first-order valence-corrected chi connectivity index (χ1v) is 9.60. The highest BCUT2D eigenvalue weighted by molar-refractivity contribution is 5.96. The quantitative estimate of drug-likeness (QED) is 0.534. The molecule has 0 unspecified atom stereocenters. The SMILES string of the molecule is COc1ccccc1N/C(C)=C/C(C)=Nc1c(C(C)C)cccc1C(C)C. The van der Waals surface area contributed by atoms with Crippen molar-refractivity contribution >= 4 is 17.1 Å². The van der Waals surface area contributed by atoms with Gasteiger partial charge in [0.25, 0.3) is 0 Å². The van der Waals surface area contributed by atoms with Crippen molar-refractivity contribution < 1.29 is 4.74 Å². The van der Waals surface area contributed by atoms with Crippen LogP contribution in [-0.4, -0.2) is 12.8 Å². The van der Waals surface area contributed by atoms with Crippen LogP contribution in [0, 0.1) is 0 Å². The zero-order valence-corrected chi connectivity index (χ0v) is 17.6. The largest absolute Gasteiger partial charge is 0.495 e. The van der Waals surface area contributed by atoms with Crippen LogP contribution < -0.4 is 10.1 Å². The summed E-state index contributed by atoms with van der Waals surface area (Å²) in [6, 6.07) is 14.4. The lowest BCUT2D eigenvalue weighted by Gasteiger charge is -2.17. The fraction of sp³-hybridized carbons (Fsp3) is 0.375. The number of methoxy groups -OCH3 is 1. The number of aliphatic imine (C=N–C) groups is 1. The van der Waals surface area contributed by atoms with Crippen LogP contribution in [0.25, 0.3) is 0 Å². The second-order valence-electron chi connectivity index (χ2n) is 7.50. The number of para-hydroxylation sites is 3. The third kappa shape index (κ3) is 5.46. The predicted octanol–water partition coefficient (Wildman–Crippen LogP) is 7.05. The van der Waals surface area contributed by atoms with Gasteiger partial charge in [-0.2, -0.15) is 0 Å². The first-order chi connectivity index (χ1) is 12.8. The van der Waals surface area contributed by atoms with E-state index < -0.39 is 0 Å². The molecule has 0 aliphatic heterocycles. The minimum Gasteiger partial charge on any atom is -0.495 e. The second kappa shape index (κ2) is 9.40. The molecule has 0 saturated heterocycles. The van der Waals surface area contributed by atoms with E-state index in [0.29, 0.717) is 11.8 Å². The van der Waals surface area contributed by atoms with Crippen molar-refractivity contribution in [3.05, 3.63) is 65.4 Å². The maximum absolute atomic E-state index is 5.41. The van der Waals surface area contributed by atoms with Crippen molar-refractivity contribution in [2.45, 2.75) is 53.4 Å². The lowest BCUT2D eigenvalue weighted by molar-refractivity contribution is 0.416. The van der Waals surface area contributed by atoms with E-state index >= 15 is 0 Å². The molecule has 144 valence electrons. The molecule has 1 N–H and O–H groups in total. The van der Waals surface area contributed by atoms with Gasteiger partial charge in [0.15, 0.2) is 0 Å². The number of allylic oxidation sites excluding steroid dienone is 2. The summed E-state index contributed by atoms with van der Waals surface area (Å²) in [4.78, 5) is 4.99. The summed E-state index contributed by atoms with van der Waals surface area (Å²) in [7, 11) is 1.68. The van der Waals surface area contributed by atoms with Gasteiger partial charge in [0, 0.05) is 11.4 Å². The van der Waals surface area contributed by atoms with Crippen molar-refractivity contribution in [3.8, 4) is 5.75 Å². The Morgan fingerprint density at radius 1 is 0.926 bits per heavy atom. The summed E-state index contributed by atoms with van der Waals surface area (Å²) in [6.07, 6.45) is 2.08. The van der Waals surface area contributed by atoms with Gasteiger partial charge < -0.3 is 10.1 Å². The molecule has 0 aliphatic rings. The van der Waals surface area contributed by atoms with Gasteiger partial charge in [-0.3, -0.25) is 4.99 Å². The average molecular weight is 365 g/mol. The van der Waals surface area contributed by atoms with Crippen LogP contribution in [0.15, 0.2) is 59.2 Å². The number of ether oxygens (including phenoxy) is 1. The number of anilines is 1. The van der Waals surface area contributed by atoms with Gasteiger partial charge in [0.1, 0.15) is 5.75 Å². The number of nitrogens with zero attached hydrogens (tertiary/aromatic N) is 1. The first kappa shape index (κ1) is 20.8. The Bertz CT molecular complexity index is 806. The van der Waals surface area contributed by atoms with Gasteiger partial charge in [-0.25, -0.2) is 0 Å². The van der Waals surface area contributed by atoms with Crippen LogP contribution in [0.2, 0.25) is 0 Å². The van der Waals surface area contributed by atoms with Gasteiger partial charge >= 0.3 is 0 Å². The average Bonchev–Trinajstić information content (AvgIpc) is 2.61. The molecular weight excluding hydrogens is 332 g/mol. The molecule has 0 fully saturated rings. The van der Waals surface area contributed by atoms with Gasteiger partial charge in [-0.1, -0.05) is 58.0 Å². The molecule has 0 saturated carbocycles. The number of hydrogen-bond donors (Lipinski definition) is 1. The Morgan fingerprint density at radius 3 is 2.07 bits per heavy atom.